The molecule has 0 saturated carbocycles. The number of ether oxygens (including phenoxy) is 3. The van der Waals surface area contributed by atoms with Crippen LogP contribution in [0.2, 0.25) is 0 Å². The highest BCUT2D eigenvalue weighted by Gasteiger charge is 2.47. The number of carbonyl (C=O) groups excluding carboxylic acids is 1. The number of nitrogens with zero attached hydrogens (tertiary/aromatic N) is 1. The molecule has 0 radical (unpaired) electrons. The van der Waals surface area contributed by atoms with Crippen molar-refractivity contribution in [2.45, 2.75) is 19.4 Å². The molecule has 9 heteroatoms. The monoisotopic (exact) mass is 406 g/mol. The second kappa shape index (κ2) is 7.08. The predicted molar refractivity (Wildman–Crippen MR) is 98.1 cm³/mol. The fourth-order valence-electron chi connectivity index (χ4n) is 3.38. The lowest BCUT2D eigenvalue weighted by molar-refractivity contribution is -1.02. The Balaban J connectivity index is 1.49. The Morgan fingerprint density at radius 3 is 2.43 bits per heavy atom. The van der Waals surface area contributed by atoms with E-state index in [1.807, 2.05) is 0 Å². The molecule has 4 rings (SSSR count). The second-order valence-corrected chi connectivity index (χ2v) is 8.37. The standard InChI is InChI=1S/C19H20NO7S/c1-28(22,23)27-20(10-2-3-19(20)21)12-14-4-6-15(7-5-14)26-16-8-9-17-18(11-16)25-13-24-17/h4-9,11H,2-3,10,12-13H2,1H3/q+1. The summed E-state index contributed by atoms with van der Waals surface area (Å²) < 4.78 is 44.3. The molecule has 1 unspecified atom stereocenters. The fraction of sp³-hybridized carbons (Fsp3) is 0.316. The quantitative estimate of drug-likeness (QED) is 0.682. The Kier molecular flexibility index (Phi) is 4.74. The van der Waals surface area contributed by atoms with Gasteiger partial charge in [-0.3, -0.25) is 0 Å². The number of carbonyl (C=O) groups is 1. The van der Waals surface area contributed by atoms with Gasteiger partial charge in [0.1, 0.15) is 24.6 Å². The first-order chi connectivity index (χ1) is 13.3. The van der Waals surface area contributed by atoms with E-state index in [1.54, 1.807) is 42.5 Å². The second-order valence-electron chi connectivity index (χ2n) is 6.81. The smallest absolute Gasteiger partial charge is 0.347 e. The summed E-state index contributed by atoms with van der Waals surface area (Å²) in [5, 5.41) is 0. The van der Waals surface area contributed by atoms with E-state index in [9.17, 15) is 13.2 Å². The van der Waals surface area contributed by atoms with Crippen LogP contribution in [0.25, 0.3) is 0 Å². The molecule has 1 saturated heterocycles. The Morgan fingerprint density at radius 1 is 1.04 bits per heavy atom. The predicted octanol–water partition coefficient (Wildman–Crippen LogP) is 2.74. The van der Waals surface area contributed by atoms with Crippen LogP contribution in [0.5, 0.6) is 23.0 Å². The molecule has 8 nitrogen and oxygen atoms in total. The third-order valence-electron chi connectivity index (χ3n) is 4.58. The lowest BCUT2D eigenvalue weighted by Gasteiger charge is -2.26. The highest BCUT2D eigenvalue weighted by Crippen LogP contribution is 2.36. The Hall–Kier alpha value is -2.62. The van der Waals surface area contributed by atoms with E-state index in [-0.39, 0.29) is 19.2 Å². The number of fused-ring (bicyclic) bond motifs is 1. The fourth-order valence-corrected chi connectivity index (χ4v) is 4.11. The molecule has 2 aromatic rings. The lowest BCUT2D eigenvalue weighted by atomic mass is 10.2. The zero-order valence-corrected chi connectivity index (χ0v) is 16.1. The van der Waals surface area contributed by atoms with E-state index in [0.29, 0.717) is 42.4 Å². The van der Waals surface area contributed by atoms with Gasteiger partial charge in [-0.1, -0.05) is 8.93 Å². The van der Waals surface area contributed by atoms with Crippen molar-refractivity contribution in [3.05, 3.63) is 48.0 Å². The van der Waals surface area contributed by atoms with Crippen molar-refractivity contribution in [1.29, 1.82) is 0 Å². The summed E-state index contributed by atoms with van der Waals surface area (Å²) >= 11 is 0. The molecule has 0 spiro atoms. The summed E-state index contributed by atoms with van der Waals surface area (Å²) in [6.45, 7) is 0.680. The number of rotatable bonds is 6. The molecule has 2 aliphatic heterocycles. The number of hydroxylamine groups is 3. The topological polar surface area (TPSA) is 88.1 Å². The zero-order chi connectivity index (χ0) is 19.8. The van der Waals surface area contributed by atoms with E-state index in [4.69, 9.17) is 18.5 Å². The van der Waals surface area contributed by atoms with Crippen molar-refractivity contribution in [3.8, 4) is 23.0 Å². The molecule has 0 N–H and O–H groups in total. The van der Waals surface area contributed by atoms with Gasteiger partial charge in [-0.2, -0.15) is 8.42 Å². The minimum atomic E-state index is -3.77. The van der Waals surface area contributed by atoms with Gasteiger partial charge in [-0.05, 0) is 36.4 Å². The number of hydrogen-bond donors (Lipinski definition) is 0. The molecular weight excluding hydrogens is 386 g/mol. The van der Waals surface area contributed by atoms with Crippen LogP contribution in [-0.4, -0.2) is 38.6 Å². The summed E-state index contributed by atoms with van der Waals surface area (Å²) in [7, 11) is -3.77. The van der Waals surface area contributed by atoms with Crippen molar-refractivity contribution >= 4 is 16.0 Å². The maximum Gasteiger partial charge on any atom is 0.347 e. The maximum atomic E-state index is 12.3. The van der Waals surface area contributed by atoms with Crippen molar-refractivity contribution < 1.29 is 36.4 Å². The van der Waals surface area contributed by atoms with E-state index in [1.165, 1.54) is 0 Å². The van der Waals surface area contributed by atoms with Gasteiger partial charge in [0.15, 0.2) is 11.5 Å². The summed E-state index contributed by atoms with van der Waals surface area (Å²) in [5.41, 5.74) is 0.775. The number of benzene rings is 2. The lowest BCUT2D eigenvalue weighted by Crippen LogP contribution is -2.49. The number of quaternary nitrogens is 1. The van der Waals surface area contributed by atoms with E-state index >= 15 is 0 Å². The SMILES string of the molecule is CS(=O)(=O)O[N+]1(Cc2ccc(Oc3ccc4c(c3)OCO4)cc2)CCCC1=O. The molecule has 1 fully saturated rings. The minimum Gasteiger partial charge on any atom is -0.457 e. The van der Waals surface area contributed by atoms with Crippen molar-refractivity contribution in [3.63, 3.8) is 0 Å². The molecule has 2 aliphatic rings. The van der Waals surface area contributed by atoms with Gasteiger partial charge in [0.05, 0.1) is 12.7 Å². The maximum absolute atomic E-state index is 12.3. The van der Waals surface area contributed by atoms with Crippen LogP contribution >= 0.6 is 0 Å². The molecule has 28 heavy (non-hydrogen) atoms. The van der Waals surface area contributed by atoms with E-state index < -0.39 is 14.8 Å². The number of likely N-dealkylation sites (tertiary alicyclic amines) is 1. The van der Waals surface area contributed by atoms with Crippen LogP contribution < -0.4 is 14.2 Å². The van der Waals surface area contributed by atoms with Crippen molar-refractivity contribution in [2.75, 3.05) is 19.6 Å². The summed E-state index contributed by atoms with van der Waals surface area (Å²) in [6.07, 6.45) is 1.86. The first-order valence-corrected chi connectivity index (χ1v) is 10.6. The Bertz CT molecular complexity index is 1000. The highest BCUT2D eigenvalue weighted by molar-refractivity contribution is 7.85. The van der Waals surface area contributed by atoms with E-state index in [0.717, 1.165) is 11.8 Å². The average Bonchev–Trinajstić information content (AvgIpc) is 3.22. The van der Waals surface area contributed by atoms with Crippen LogP contribution in [0, 0.1) is 0 Å². The summed E-state index contributed by atoms with van der Waals surface area (Å²) in [5.74, 6) is 2.29. The Labute approximate surface area is 162 Å². The van der Waals surface area contributed by atoms with Gasteiger partial charge < -0.3 is 14.2 Å². The summed E-state index contributed by atoms with van der Waals surface area (Å²) in [4.78, 5) is 12.3. The molecule has 0 bridgehead atoms. The van der Waals surface area contributed by atoms with Crippen LogP contribution in [0.4, 0.5) is 0 Å². The molecule has 2 aromatic carbocycles. The number of amides is 1. The molecule has 1 atom stereocenters. The summed E-state index contributed by atoms with van der Waals surface area (Å²) in [6, 6.07) is 12.4. The molecule has 148 valence electrons. The van der Waals surface area contributed by atoms with Gasteiger partial charge in [0.25, 0.3) is 0 Å². The third kappa shape index (κ3) is 3.96. The largest absolute Gasteiger partial charge is 0.457 e. The average molecular weight is 406 g/mol. The molecule has 0 aromatic heterocycles. The van der Waals surface area contributed by atoms with Crippen LogP contribution in [0.1, 0.15) is 18.4 Å². The normalized spacial score (nSPS) is 21.1. The molecular formula is C19H20NO7S+. The minimum absolute atomic E-state index is 0.149. The van der Waals surface area contributed by atoms with Gasteiger partial charge in [0.2, 0.25) is 6.79 Å². The van der Waals surface area contributed by atoms with Gasteiger partial charge >= 0.3 is 16.0 Å². The van der Waals surface area contributed by atoms with Gasteiger partial charge in [-0.25, -0.2) is 4.79 Å². The molecule has 0 aliphatic carbocycles. The zero-order valence-electron chi connectivity index (χ0n) is 15.3. The van der Waals surface area contributed by atoms with Crippen LogP contribution in [0.3, 0.4) is 0 Å². The Morgan fingerprint density at radius 2 is 1.75 bits per heavy atom. The van der Waals surface area contributed by atoms with Crippen molar-refractivity contribution in [2.24, 2.45) is 0 Å². The molecule has 1 amide bonds. The van der Waals surface area contributed by atoms with Gasteiger partial charge in [0, 0.05) is 18.1 Å². The third-order valence-corrected chi connectivity index (χ3v) is 5.14. The number of hydrogen-bond acceptors (Lipinski definition) is 7. The molecule has 2 heterocycles. The van der Waals surface area contributed by atoms with Crippen LogP contribution in [0.15, 0.2) is 42.5 Å². The first kappa shape index (κ1) is 18.7. The van der Waals surface area contributed by atoms with E-state index in [2.05, 4.69) is 0 Å². The van der Waals surface area contributed by atoms with Gasteiger partial charge in [-0.15, -0.1) is 0 Å². The van der Waals surface area contributed by atoms with Crippen LogP contribution in [-0.2, 0) is 25.7 Å². The highest BCUT2D eigenvalue weighted by atomic mass is 32.2. The van der Waals surface area contributed by atoms with Crippen molar-refractivity contribution in [1.82, 2.24) is 0 Å². The first-order valence-electron chi connectivity index (χ1n) is 8.81.